The molecule has 1 aliphatic heterocycles. The van der Waals surface area contributed by atoms with Crippen LogP contribution in [0.1, 0.15) is 12.0 Å². The van der Waals surface area contributed by atoms with Gasteiger partial charge in [0.2, 0.25) is 11.9 Å². The number of hydrogen-bond donors (Lipinski definition) is 1. The first kappa shape index (κ1) is 10.0. The van der Waals surface area contributed by atoms with E-state index in [9.17, 15) is 9.59 Å². The molecular weight excluding hydrogens is 218 g/mol. The third-order valence-electron chi connectivity index (χ3n) is 2.94. The summed E-state index contributed by atoms with van der Waals surface area (Å²) in [5, 5.41) is 0. The van der Waals surface area contributed by atoms with E-state index in [2.05, 4.69) is 9.97 Å². The largest absolute Gasteiger partial charge is 0.324 e. The Morgan fingerprint density at radius 2 is 2.18 bits per heavy atom. The van der Waals surface area contributed by atoms with Crippen LogP contribution in [0.5, 0.6) is 0 Å². The summed E-state index contributed by atoms with van der Waals surface area (Å²) in [5.74, 6) is 0.212. The van der Waals surface area contributed by atoms with Gasteiger partial charge in [0.05, 0.1) is 24.0 Å². The van der Waals surface area contributed by atoms with E-state index in [0.29, 0.717) is 5.95 Å². The van der Waals surface area contributed by atoms with Crippen molar-refractivity contribution in [2.24, 2.45) is 0 Å². The Morgan fingerprint density at radius 1 is 1.35 bits per heavy atom. The minimum atomic E-state index is -0.188. The fourth-order valence-electron chi connectivity index (χ4n) is 2.07. The van der Waals surface area contributed by atoms with Crippen molar-refractivity contribution < 1.29 is 9.59 Å². The maximum atomic E-state index is 11.6. The highest BCUT2D eigenvalue weighted by Gasteiger charge is 2.30. The molecule has 17 heavy (non-hydrogen) atoms. The standard InChI is InChI=1S/C12H11N3O2/c1-7-3-2-4-9-11(7)14-12(13-9)15-6-8(16)5-10(15)17/h2-4H,5-6H2,1H3,(H,13,14). The molecule has 0 bridgehead atoms. The summed E-state index contributed by atoms with van der Waals surface area (Å²) in [4.78, 5) is 31.7. The average Bonchev–Trinajstić information content (AvgIpc) is 2.82. The molecule has 1 aliphatic rings. The van der Waals surface area contributed by atoms with Crippen LogP contribution in [0.15, 0.2) is 18.2 Å². The molecule has 1 fully saturated rings. The first-order chi connectivity index (χ1) is 8.15. The highest BCUT2D eigenvalue weighted by molar-refractivity contribution is 6.14. The third-order valence-corrected chi connectivity index (χ3v) is 2.94. The molecule has 3 rings (SSSR count). The van der Waals surface area contributed by atoms with E-state index in [1.807, 2.05) is 25.1 Å². The Morgan fingerprint density at radius 3 is 2.82 bits per heavy atom. The van der Waals surface area contributed by atoms with E-state index in [1.165, 1.54) is 4.90 Å². The predicted octanol–water partition coefficient (Wildman–Crippen LogP) is 1.18. The number of benzene rings is 1. The number of hydrogen-bond acceptors (Lipinski definition) is 3. The number of carbonyl (C=O) groups is 2. The van der Waals surface area contributed by atoms with Gasteiger partial charge in [-0.25, -0.2) is 4.98 Å². The number of carbonyl (C=O) groups excluding carboxylic acids is 2. The molecule has 0 radical (unpaired) electrons. The smallest absolute Gasteiger partial charge is 0.237 e. The number of para-hydroxylation sites is 1. The van der Waals surface area contributed by atoms with Crippen molar-refractivity contribution in [3.8, 4) is 0 Å². The first-order valence-electron chi connectivity index (χ1n) is 5.42. The molecule has 0 saturated carbocycles. The maximum Gasteiger partial charge on any atom is 0.237 e. The number of Topliss-reactive ketones (excluding diaryl/α,β-unsaturated/α-hetero) is 1. The Bertz CT molecular complexity index is 630. The Kier molecular flexibility index (Phi) is 2.01. The number of aromatic amines is 1. The number of amides is 1. The number of nitrogens with zero attached hydrogens (tertiary/aromatic N) is 2. The zero-order valence-corrected chi connectivity index (χ0v) is 9.36. The van der Waals surface area contributed by atoms with Crippen molar-refractivity contribution in [2.45, 2.75) is 13.3 Å². The molecule has 5 nitrogen and oxygen atoms in total. The summed E-state index contributed by atoms with van der Waals surface area (Å²) in [6.07, 6.45) is -0.0178. The van der Waals surface area contributed by atoms with Gasteiger partial charge in [0.25, 0.3) is 0 Å². The van der Waals surface area contributed by atoms with Gasteiger partial charge in [-0.1, -0.05) is 12.1 Å². The molecule has 2 heterocycles. The lowest BCUT2D eigenvalue weighted by molar-refractivity contribution is -0.121. The summed E-state index contributed by atoms with van der Waals surface area (Å²) in [7, 11) is 0. The number of ketones is 1. The summed E-state index contributed by atoms with van der Waals surface area (Å²) < 4.78 is 0. The number of aromatic nitrogens is 2. The third kappa shape index (κ3) is 1.51. The Balaban J connectivity index is 2.10. The second kappa shape index (κ2) is 3.41. The zero-order chi connectivity index (χ0) is 12.0. The molecule has 1 N–H and O–H groups in total. The number of aryl methyl sites for hydroxylation is 1. The number of fused-ring (bicyclic) bond motifs is 1. The van der Waals surface area contributed by atoms with Crippen molar-refractivity contribution in [2.75, 3.05) is 11.4 Å². The lowest BCUT2D eigenvalue weighted by Crippen LogP contribution is -2.25. The van der Waals surface area contributed by atoms with E-state index < -0.39 is 0 Å². The van der Waals surface area contributed by atoms with Gasteiger partial charge in [-0.3, -0.25) is 14.5 Å². The molecule has 0 atom stereocenters. The van der Waals surface area contributed by atoms with Crippen molar-refractivity contribution in [3.05, 3.63) is 23.8 Å². The number of H-pyrrole nitrogens is 1. The van der Waals surface area contributed by atoms with Crippen LogP contribution in [0.2, 0.25) is 0 Å². The van der Waals surface area contributed by atoms with Crippen LogP contribution in [0.25, 0.3) is 11.0 Å². The summed E-state index contributed by atoms with van der Waals surface area (Å²) in [5.41, 5.74) is 2.77. The van der Waals surface area contributed by atoms with Crippen molar-refractivity contribution in [1.29, 1.82) is 0 Å². The van der Waals surface area contributed by atoms with Gasteiger partial charge < -0.3 is 4.98 Å². The highest BCUT2D eigenvalue weighted by atomic mass is 16.2. The van der Waals surface area contributed by atoms with Gasteiger partial charge in [-0.2, -0.15) is 0 Å². The van der Waals surface area contributed by atoms with E-state index >= 15 is 0 Å². The normalized spacial score (nSPS) is 16.2. The lowest BCUT2D eigenvalue weighted by Gasteiger charge is -2.09. The molecule has 0 aliphatic carbocycles. The summed E-state index contributed by atoms with van der Waals surface area (Å²) in [6.45, 7) is 2.08. The van der Waals surface area contributed by atoms with Crippen LogP contribution in [0.3, 0.4) is 0 Å². The molecule has 1 aromatic heterocycles. The van der Waals surface area contributed by atoms with E-state index in [1.54, 1.807) is 0 Å². The van der Waals surface area contributed by atoms with Crippen LogP contribution >= 0.6 is 0 Å². The molecule has 0 spiro atoms. The topological polar surface area (TPSA) is 66.1 Å². The Labute approximate surface area is 97.4 Å². The van der Waals surface area contributed by atoms with E-state index in [0.717, 1.165) is 16.6 Å². The average molecular weight is 229 g/mol. The van der Waals surface area contributed by atoms with Crippen molar-refractivity contribution in [1.82, 2.24) is 9.97 Å². The number of nitrogens with one attached hydrogen (secondary N) is 1. The molecular formula is C12H11N3O2. The zero-order valence-electron chi connectivity index (χ0n) is 9.36. The fourth-order valence-corrected chi connectivity index (χ4v) is 2.07. The van der Waals surface area contributed by atoms with Crippen LogP contribution in [-0.4, -0.2) is 28.2 Å². The number of anilines is 1. The Hall–Kier alpha value is -2.17. The van der Waals surface area contributed by atoms with Crippen LogP contribution < -0.4 is 4.90 Å². The fraction of sp³-hybridized carbons (Fsp3) is 0.250. The molecule has 2 aromatic rings. The van der Waals surface area contributed by atoms with Gasteiger partial charge >= 0.3 is 0 Å². The maximum absolute atomic E-state index is 11.6. The van der Waals surface area contributed by atoms with Crippen molar-refractivity contribution >= 4 is 28.7 Å². The second-order valence-corrected chi connectivity index (χ2v) is 4.23. The lowest BCUT2D eigenvalue weighted by atomic mass is 10.2. The van der Waals surface area contributed by atoms with Gasteiger partial charge in [-0.15, -0.1) is 0 Å². The predicted molar refractivity (Wildman–Crippen MR) is 62.8 cm³/mol. The molecule has 1 saturated heterocycles. The molecule has 86 valence electrons. The van der Waals surface area contributed by atoms with E-state index in [-0.39, 0.29) is 24.7 Å². The van der Waals surface area contributed by atoms with Gasteiger partial charge in [0.15, 0.2) is 5.78 Å². The van der Waals surface area contributed by atoms with Crippen LogP contribution in [-0.2, 0) is 9.59 Å². The van der Waals surface area contributed by atoms with Gasteiger partial charge in [0, 0.05) is 0 Å². The molecule has 5 heteroatoms. The van der Waals surface area contributed by atoms with Crippen molar-refractivity contribution in [3.63, 3.8) is 0 Å². The molecule has 0 unspecified atom stereocenters. The van der Waals surface area contributed by atoms with Crippen LogP contribution in [0, 0.1) is 6.92 Å². The summed E-state index contributed by atoms with van der Waals surface area (Å²) >= 11 is 0. The SMILES string of the molecule is Cc1cccc2[nH]c(N3CC(=O)CC3=O)nc12. The number of imidazole rings is 1. The monoisotopic (exact) mass is 229 g/mol. The van der Waals surface area contributed by atoms with Gasteiger partial charge in [0.1, 0.15) is 0 Å². The van der Waals surface area contributed by atoms with E-state index in [4.69, 9.17) is 0 Å². The minimum absolute atomic E-state index is 0.0178. The number of rotatable bonds is 1. The highest BCUT2D eigenvalue weighted by Crippen LogP contribution is 2.22. The summed E-state index contributed by atoms with van der Waals surface area (Å²) in [6, 6.07) is 5.79. The van der Waals surface area contributed by atoms with Crippen LogP contribution in [0.4, 0.5) is 5.95 Å². The molecule has 1 amide bonds. The minimum Gasteiger partial charge on any atom is -0.324 e. The quantitative estimate of drug-likeness (QED) is 0.746. The first-order valence-corrected chi connectivity index (χ1v) is 5.42. The second-order valence-electron chi connectivity index (χ2n) is 4.23. The van der Waals surface area contributed by atoms with Gasteiger partial charge in [-0.05, 0) is 18.6 Å². The molecule has 1 aromatic carbocycles.